The summed E-state index contributed by atoms with van der Waals surface area (Å²) in [5, 5.41) is 2.26. The molecule has 1 aliphatic rings. The minimum Gasteiger partial charge on any atom is -0.456 e. The van der Waals surface area contributed by atoms with E-state index in [0.29, 0.717) is 5.82 Å². The van der Waals surface area contributed by atoms with Crippen molar-refractivity contribution in [2.24, 2.45) is 0 Å². The lowest BCUT2D eigenvalue weighted by Gasteiger charge is -2.28. The van der Waals surface area contributed by atoms with Gasteiger partial charge in [0, 0.05) is 32.9 Å². The van der Waals surface area contributed by atoms with E-state index in [9.17, 15) is 0 Å². The Morgan fingerprint density at radius 3 is 1.81 bits per heavy atom. The number of nitrogens with zero attached hydrogens (tertiary/aromatic N) is 2. The van der Waals surface area contributed by atoms with Crippen molar-refractivity contribution in [3.05, 3.63) is 217 Å². The summed E-state index contributed by atoms with van der Waals surface area (Å²) in [4.78, 5) is 10.3. The van der Waals surface area contributed by atoms with Gasteiger partial charge in [-0.3, -0.25) is 0 Å². The molecule has 3 nitrogen and oxygen atoms in total. The number of para-hydroxylation sites is 1. The van der Waals surface area contributed by atoms with Gasteiger partial charge in [-0.05, 0) is 87.3 Å². The first-order valence-corrected chi connectivity index (χ1v) is 19.5. The van der Waals surface area contributed by atoms with E-state index in [1.807, 2.05) is 36.4 Å². The molecule has 0 saturated carbocycles. The minimum atomic E-state index is -0.263. The molecule has 0 bridgehead atoms. The van der Waals surface area contributed by atoms with Crippen molar-refractivity contribution in [2.75, 3.05) is 0 Å². The Hall–Kier alpha value is -7.36. The van der Waals surface area contributed by atoms with E-state index >= 15 is 0 Å². The Morgan fingerprint density at radius 2 is 0.965 bits per heavy atom. The molecule has 2 heterocycles. The maximum Gasteiger partial charge on any atom is 0.160 e. The molecule has 0 spiro atoms. The van der Waals surface area contributed by atoms with Gasteiger partial charge in [0.2, 0.25) is 0 Å². The van der Waals surface area contributed by atoms with Crippen molar-refractivity contribution in [3.63, 3.8) is 0 Å². The number of benzene rings is 8. The third kappa shape index (κ3) is 5.43. The van der Waals surface area contributed by atoms with Crippen molar-refractivity contribution >= 4 is 21.9 Å². The third-order valence-corrected chi connectivity index (χ3v) is 11.8. The van der Waals surface area contributed by atoms with Crippen molar-refractivity contribution in [2.45, 2.75) is 12.3 Å². The van der Waals surface area contributed by atoms with Gasteiger partial charge in [0.1, 0.15) is 11.2 Å². The highest BCUT2D eigenvalue weighted by atomic mass is 16.3. The molecule has 0 fully saturated rings. The normalized spacial score (nSPS) is 14.5. The Bertz CT molecular complexity index is 3130. The summed E-state index contributed by atoms with van der Waals surface area (Å²) in [5.74, 6) is 0.695. The highest BCUT2D eigenvalue weighted by Crippen LogP contribution is 2.53. The number of furan rings is 1. The van der Waals surface area contributed by atoms with Crippen LogP contribution < -0.4 is 0 Å². The number of fused-ring (bicyclic) bond motifs is 6. The van der Waals surface area contributed by atoms with Crippen LogP contribution in [0.15, 0.2) is 205 Å². The molecule has 2 aromatic heterocycles. The molecule has 0 aliphatic heterocycles. The van der Waals surface area contributed by atoms with Crippen molar-refractivity contribution in [3.8, 4) is 67.3 Å². The van der Waals surface area contributed by atoms with E-state index in [1.54, 1.807) is 0 Å². The van der Waals surface area contributed by atoms with Gasteiger partial charge in [0.05, 0.1) is 11.4 Å². The predicted molar refractivity (Wildman–Crippen MR) is 234 cm³/mol. The van der Waals surface area contributed by atoms with Crippen LogP contribution in [0.4, 0.5) is 0 Å². The van der Waals surface area contributed by atoms with Crippen LogP contribution in [0.5, 0.6) is 0 Å². The molecular formula is C54H36N2O. The van der Waals surface area contributed by atoms with Crippen molar-refractivity contribution < 1.29 is 4.42 Å². The average Bonchev–Trinajstić information content (AvgIpc) is 3.80. The average molecular weight is 729 g/mol. The topological polar surface area (TPSA) is 38.9 Å². The molecule has 1 aliphatic carbocycles. The van der Waals surface area contributed by atoms with Crippen LogP contribution in [0.3, 0.4) is 0 Å². The van der Waals surface area contributed by atoms with E-state index in [2.05, 4.69) is 171 Å². The maximum atomic E-state index is 6.20. The molecule has 0 N–H and O–H groups in total. The lowest BCUT2D eigenvalue weighted by Crippen LogP contribution is -2.22. The fourth-order valence-electron chi connectivity index (χ4n) is 8.91. The minimum absolute atomic E-state index is 0.263. The van der Waals surface area contributed by atoms with Crippen LogP contribution in [0, 0.1) is 0 Å². The largest absolute Gasteiger partial charge is 0.456 e. The SMILES string of the molecule is CC1(c2ccccc2)c2ccccc2-c2ccc(-c3cccc(-c4cc(-c5ccc(-c6cccc7oc8ccccc8c67)cc5)nc(-c5ccccc5)n4)c3)cc21. The Morgan fingerprint density at radius 1 is 0.386 bits per heavy atom. The van der Waals surface area contributed by atoms with Gasteiger partial charge in [0.25, 0.3) is 0 Å². The summed E-state index contributed by atoms with van der Waals surface area (Å²) < 4.78 is 6.20. The first kappa shape index (κ1) is 33.0. The molecule has 0 saturated heterocycles. The summed E-state index contributed by atoms with van der Waals surface area (Å²) in [5.41, 5.74) is 17.5. The smallest absolute Gasteiger partial charge is 0.160 e. The molecular weight excluding hydrogens is 693 g/mol. The summed E-state index contributed by atoms with van der Waals surface area (Å²) >= 11 is 0. The summed E-state index contributed by atoms with van der Waals surface area (Å²) in [7, 11) is 0. The molecule has 57 heavy (non-hydrogen) atoms. The molecule has 11 rings (SSSR count). The fraction of sp³-hybridized carbons (Fsp3) is 0.0370. The van der Waals surface area contributed by atoms with E-state index < -0.39 is 0 Å². The first-order valence-electron chi connectivity index (χ1n) is 19.5. The van der Waals surface area contributed by atoms with Crippen molar-refractivity contribution in [1.82, 2.24) is 9.97 Å². The Kier molecular flexibility index (Phi) is 7.61. The number of hydrogen-bond donors (Lipinski definition) is 0. The monoisotopic (exact) mass is 728 g/mol. The van der Waals surface area contributed by atoms with Gasteiger partial charge in [-0.15, -0.1) is 0 Å². The molecule has 10 aromatic rings. The zero-order valence-corrected chi connectivity index (χ0v) is 31.4. The van der Waals surface area contributed by atoms with Crippen LogP contribution in [0.25, 0.3) is 89.2 Å². The zero-order chi connectivity index (χ0) is 37.9. The Labute approximate surface area is 331 Å². The molecule has 1 unspecified atom stereocenters. The lowest BCUT2D eigenvalue weighted by molar-refractivity contribution is 0.669. The predicted octanol–water partition coefficient (Wildman–Crippen LogP) is 14.0. The van der Waals surface area contributed by atoms with Gasteiger partial charge >= 0.3 is 0 Å². The molecule has 1 atom stereocenters. The van der Waals surface area contributed by atoms with Crippen LogP contribution in [-0.2, 0) is 5.41 Å². The number of aromatic nitrogens is 2. The highest BCUT2D eigenvalue weighted by Gasteiger charge is 2.40. The second-order valence-electron chi connectivity index (χ2n) is 15.1. The van der Waals surface area contributed by atoms with Crippen molar-refractivity contribution in [1.29, 1.82) is 0 Å². The molecule has 8 aromatic carbocycles. The van der Waals surface area contributed by atoms with E-state index in [-0.39, 0.29) is 5.41 Å². The first-order chi connectivity index (χ1) is 28.1. The van der Waals surface area contributed by atoms with Gasteiger partial charge in [-0.2, -0.15) is 0 Å². The van der Waals surface area contributed by atoms with E-state index in [4.69, 9.17) is 14.4 Å². The lowest BCUT2D eigenvalue weighted by atomic mass is 9.74. The van der Waals surface area contributed by atoms with Gasteiger partial charge in [-0.25, -0.2) is 9.97 Å². The molecule has 3 heteroatoms. The number of rotatable bonds is 6. The molecule has 268 valence electrons. The second-order valence-corrected chi connectivity index (χ2v) is 15.1. The van der Waals surface area contributed by atoms with Gasteiger partial charge < -0.3 is 4.42 Å². The summed E-state index contributed by atoms with van der Waals surface area (Å²) in [6.07, 6.45) is 0. The quantitative estimate of drug-likeness (QED) is 0.171. The Balaban J connectivity index is 1.000. The van der Waals surface area contributed by atoms with Crippen LogP contribution in [0.1, 0.15) is 23.6 Å². The molecule has 0 amide bonds. The van der Waals surface area contributed by atoms with Gasteiger partial charge in [-0.1, -0.05) is 170 Å². The summed E-state index contributed by atoms with van der Waals surface area (Å²) in [6, 6.07) is 71.1. The van der Waals surface area contributed by atoms with Gasteiger partial charge in [0.15, 0.2) is 5.82 Å². The highest BCUT2D eigenvalue weighted by molar-refractivity contribution is 6.12. The zero-order valence-electron chi connectivity index (χ0n) is 31.4. The molecule has 0 radical (unpaired) electrons. The van der Waals surface area contributed by atoms with Crippen LogP contribution in [-0.4, -0.2) is 9.97 Å². The third-order valence-electron chi connectivity index (χ3n) is 11.8. The number of hydrogen-bond acceptors (Lipinski definition) is 3. The standard InChI is InChI=1S/C54H36N2O/c1-54(41-18-6-3-7-19-41)46-23-10-8-20-43(46)44-31-30-39(33-47(44)54)38-16-12-17-40(32-38)49-34-48(55-53(56-49)37-14-4-2-5-15-37)36-28-26-35(27-29-36)42-22-13-25-51-52(42)45-21-9-11-24-50(45)57-51/h2-34H,1H3. The van der Waals surface area contributed by atoms with E-state index in [0.717, 1.165) is 66.7 Å². The van der Waals surface area contributed by atoms with Crippen LogP contribution >= 0.6 is 0 Å². The van der Waals surface area contributed by atoms with E-state index in [1.165, 1.54) is 33.4 Å². The van der Waals surface area contributed by atoms with Crippen LogP contribution in [0.2, 0.25) is 0 Å². The maximum absolute atomic E-state index is 6.20. The second kappa shape index (κ2) is 13.1. The fourth-order valence-corrected chi connectivity index (χ4v) is 8.91. The summed E-state index contributed by atoms with van der Waals surface area (Å²) in [6.45, 7) is 2.37.